The van der Waals surface area contributed by atoms with E-state index in [1.807, 2.05) is 6.07 Å². The number of likely N-dealkylation sites (N-methyl/N-ethyl adjacent to an activating group) is 1. The van der Waals surface area contributed by atoms with E-state index in [4.69, 9.17) is 9.97 Å². The predicted molar refractivity (Wildman–Crippen MR) is 127 cm³/mol. The predicted octanol–water partition coefficient (Wildman–Crippen LogP) is 5.34. The number of nitrogens with one attached hydrogen (secondary N) is 1. The Bertz CT molecular complexity index is 1120. The number of hydrogen-bond donors (Lipinski definition) is 1. The number of thiophene rings is 1. The lowest BCUT2D eigenvalue weighted by molar-refractivity contribution is 0.313. The molecule has 0 unspecified atom stereocenters. The van der Waals surface area contributed by atoms with Crippen LogP contribution in [0.4, 0.5) is 17.3 Å². The van der Waals surface area contributed by atoms with E-state index in [1.165, 1.54) is 10.6 Å². The Labute approximate surface area is 184 Å². The number of hydrogen-bond acceptors (Lipinski definition) is 7. The topological polar surface area (TPSA) is 44.3 Å². The van der Waals surface area contributed by atoms with Gasteiger partial charge in [0.15, 0.2) is 0 Å². The van der Waals surface area contributed by atoms with Gasteiger partial charge < -0.3 is 15.1 Å². The number of rotatable bonds is 5. The molecule has 152 valence electrons. The maximum atomic E-state index is 4.82. The van der Waals surface area contributed by atoms with E-state index in [1.54, 1.807) is 23.1 Å². The van der Waals surface area contributed by atoms with Gasteiger partial charge in [0.2, 0.25) is 5.95 Å². The lowest BCUT2D eigenvalue weighted by Gasteiger charge is -2.34. The molecule has 5 rings (SSSR count). The monoisotopic (exact) mass is 433 g/mol. The van der Waals surface area contributed by atoms with Crippen LogP contribution in [0.3, 0.4) is 0 Å². The SMILES string of the molecule is CN1CCN(c2ccc(Nc3nc(Sc4ccccc4)c4sccc4n3)cc2)CC1. The fourth-order valence-corrected chi connectivity index (χ4v) is 5.34. The van der Waals surface area contributed by atoms with Crippen LogP contribution in [-0.4, -0.2) is 48.1 Å². The molecule has 1 N–H and O–H groups in total. The molecule has 1 saturated heterocycles. The van der Waals surface area contributed by atoms with Gasteiger partial charge in [-0.25, -0.2) is 9.97 Å². The van der Waals surface area contributed by atoms with E-state index in [0.717, 1.165) is 47.1 Å². The average Bonchev–Trinajstić information content (AvgIpc) is 3.25. The first kappa shape index (κ1) is 19.4. The van der Waals surface area contributed by atoms with Crippen LogP contribution in [0.15, 0.2) is 76.0 Å². The highest BCUT2D eigenvalue weighted by molar-refractivity contribution is 7.99. The quantitative estimate of drug-likeness (QED) is 0.429. The van der Waals surface area contributed by atoms with E-state index in [-0.39, 0.29) is 0 Å². The molecule has 5 nitrogen and oxygen atoms in total. The second kappa shape index (κ2) is 8.63. The minimum atomic E-state index is 0.631. The van der Waals surface area contributed by atoms with Gasteiger partial charge in [-0.3, -0.25) is 0 Å². The Morgan fingerprint density at radius 3 is 2.43 bits per heavy atom. The number of piperazine rings is 1. The first-order valence-electron chi connectivity index (χ1n) is 10.0. The number of aromatic nitrogens is 2. The lowest BCUT2D eigenvalue weighted by atomic mass is 10.2. The summed E-state index contributed by atoms with van der Waals surface area (Å²) in [5.74, 6) is 0.631. The van der Waals surface area contributed by atoms with Gasteiger partial charge in [-0.2, -0.15) is 0 Å². The minimum Gasteiger partial charge on any atom is -0.369 e. The minimum absolute atomic E-state index is 0.631. The van der Waals surface area contributed by atoms with Crippen molar-refractivity contribution in [3.63, 3.8) is 0 Å². The number of anilines is 3. The molecule has 30 heavy (non-hydrogen) atoms. The average molecular weight is 434 g/mol. The maximum absolute atomic E-state index is 4.82. The number of nitrogens with zero attached hydrogens (tertiary/aromatic N) is 4. The smallest absolute Gasteiger partial charge is 0.228 e. The van der Waals surface area contributed by atoms with Crippen molar-refractivity contribution >= 4 is 50.6 Å². The molecule has 4 aromatic rings. The van der Waals surface area contributed by atoms with Gasteiger partial charge in [-0.1, -0.05) is 30.0 Å². The number of benzene rings is 2. The van der Waals surface area contributed by atoms with Crippen molar-refractivity contribution in [2.24, 2.45) is 0 Å². The first-order chi connectivity index (χ1) is 14.7. The maximum Gasteiger partial charge on any atom is 0.228 e. The summed E-state index contributed by atoms with van der Waals surface area (Å²) in [4.78, 5) is 15.5. The fourth-order valence-electron chi connectivity index (χ4n) is 3.51. The van der Waals surface area contributed by atoms with E-state index in [2.05, 4.69) is 82.1 Å². The van der Waals surface area contributed by atoms with E-state index < -0.39 is 0 Å². The Balaban J connectivity index is 1.36. The van der Waals surface area contributed by atoms with Crippen LogP contribution in [-0.2, 0) is 0 Å². The van der Waals surface area contributed by atoms with Gasteiger partial charge in [0.1, 0.15) is 5.03 Å². The molecule has 0 radical (unpaired) electrons. The normalized spacial score (nSPS) is 14.9. The Morgan fingerprint density at radius 2 is 1.67 bits per heavy atom. The zero-order valence-electron chi connectivity index (χ0n) is 16.8. The van der Waals surface area contributed by atoms with Crippen LogP contribution in [0.2, 0.25) is 0 Å². The lowest BCUT2D eigenvalue weighted by Crippen LogP contribution is -2.44. The van der Waals surface area contributed by atoms with Crippen molar-refractivity contribution in [3.8, 4) is 0 Å². The standard InChI is InChI=1S/C23H23N5S2/c1-27-12-14-28(15-13-27)18-9-7-17(8-10-18)24-23-25-20-11-16-29-21(20)22(26-23)30-19-5-3-2-4-6-19/h2-11,16H,12-15H2,1H3,(H,24,25,26). The highest BCUT2D eigenvalue weighted by Gasteiger charge is 2.14. The molecular formula is C23H23N5S2. The molecule has 0 amide bonds. The highest BCUT2D eigenvalue weighted by Crippen LogP contribution is 2.35. The van der Waals surface area contributed by atoms with Crippen LogP contribution in [0.25, 0.3) is 10.2 Å². The zero-order chi connectivity index (χ0) is 20.3. The number of fused-ring (bicyclic) bond motifs is 1. The van der Waals surface area contributed by atoms with Crippen molar-refractivity contribution < 1.29 is 0 Å². The summed E-state index contributed by atoms with van der Waals surface area (Å²) in [5.41, 5.74) is 3.24. The molecule has 0 atom stereocenters. The second-order valence-electron chi connectivity index (χ2n) is 7.36. The van der Waals surface area contributed by atoms with Gasteiger partial charge in [0.25, 0.3) is 0 Å². The highest BCUT2D eigenvalue weighted by atomic mass is 32.2. The van der Waals surface area contributed by atoms with Gasteiger partial charge >= 0.3 is 0 Å². The second-order valence-corrected chi connectivity index (χ2v) is 9.34. The fraction of sp³-hybridized carbons (Fsp3) is 0.217. The third kappa shape index (κ3) is 4.28. The van der Waals surface area contributed by atoms with Crippen molar-refractivity contribution in [1.82, 2.24) is 14.9 Å². The Morgan fingerprint density at radius 1 is 0.900 bits per heavy atom. The van der Waals surface area contributed by atoms with Crippen LogP contribution in [0.5, 0.6) is 0 Å². The Hall–Kier alpha value is -2.61. The Kier molecular flexibility index (Phi) is 5.57. The van der Waals surface area contributed by atoms with E-state index in [0.29, 0.717) is 5.95 Å². The molecule has 1 aliphatic heterocycles. The van der Waals surface area contributed by atoms with Crippen LogP contribution >= 0.6 is 23.1 Å². The zero-order valence-corrected chi connectivity index (χ0v) is 18.4. The largest absolute Gasteiger partial charge is 0.369 e. The third-order valence-corrected chi connectivity index (χ3v) is 7.26. The van der Waals surface area contributed by atoms with Gasteiger partial charge in [0.05, 0.1) is 10.2 Å². The summed E-state index contributed by atoms with van der Waals surface area (Å²) in [5, 5.41) is 6.45. The molecule has 0 spiro atoms. The van der Waals surface area contributed by atoms with Gasteiger partial charge in [0, 0.05) is 42.4 Å². The summed E-state index contributed by atoms with van der Waals surface area (Å²) >= 11 is 3.36. The molecule has 0 aliphatic carbocycles. The van der Waals surface area contributed by atoms with Crippen molar-refractivity contribution in [1.29, 1.82) is 0 Å². The van der Waals surface area contributed by atoms with E-state index in [9.17, 15) is 0 Å². The van der Waals surface area contributed by atoms with Crippen molar-refractivity contribution in [3.05, 3.63) is 66.0 Å². The summed E-state index contributed by atoms with van der Waals surface area (Å²) in [6, 6.07) is 21.0. The summed E-state index contributed by atoms with van der Waals surface area (Å²) in [6.45, 7) is 4.36. The van der Waals surface area contributed by atoms with Crippen molar-refractivity contribution in [2.75, 3.05) is 43.4 Å². The molecule has 2 aromatic carbocycles. The first-order valence-corrected chi connectivity index (χ1v) is 11.7. The molecule has 1 fully saturated rings. The molecular weight excluding hydrogens is 410 g/mol. The molecule has 3 heterocycles. The van der Waals surface area contributed by atoms with Crippen LogP contribution in [0, 0.1) is 0 Å². The van der Waals surface area contributed by atoms with Gasteiger partial charge in [-0.05, 0) is 54.9 Å². The van der Waals surface area contributed by atoms with Crippen LogP contribution < -0.4 is 10.2 Å². The molecule has 1 aliphatic rings. The summed E-state index contributed by atoms with van der Waals surface area (Å²) < 4.78 is 1.12. The van der Waals surface area contributed by atoms with Gasteiger partial charge in [-0.15, -0.1) is 11.3 Å². The van der Waals surface area contributed by atoms with E-state index >= 15 is 0 Å². The summed E-state index contributed by atoms with van der Waals surface area (Å²) in [6.07, 6.45) is 0. The third-order valence-electron chi connectivity index (χ3n) is 5.22. The molecule has 0 bridgehead atoms. The molecule has 0 saturated carbocycles. The summed E-state index contributed by atoms with van der Waals surface area (Å²) in [7, 11) is 2.18. The van der Waals surface area contributed by atoms with Crippen LogP contribution in [0.1, 0.15) is 0 Å². The molecule has 7 heteroatoms. The van der Waals surface area contributed by atoms with Crippen molar-refractivity contribution in [2.45, 2.75) is 9.92 Å². The molecule has 2 aromatic heterocycles.